The molecule has 3 aromatic heterocycles. The van der Waals surface area contributed by atoms with Gasteiger partial charge < -0.3 is 9.26 Å². The summed E-state index contributed by atoms with van der Waals surface area (Å²) in [5.74, 6) is 1.93. The van der Waals surface area contributed by atoms with Gasteiger partial charge in [-0.2, -0.15) is 4.52 Å². The zero-order valence-electron chi connectivity index (χ0n) is 13.3. The highest BCUT2D eigenvalue weighted by Gasteiger charge is 2.15. The highest BCUT2D eigenvalue weighted by molar-refractivity contribution is 5.63. The molecule has 7 heteroatoms. The first kappa shape index (κ1) is 14.4. The van der Waals surface area contributed by atoms with E-state index < -0.39 is 0 Å². The van der Waals surface area contributed by atoms with Crippen molar-refractivity contribution in [3.05, 3.63) is 59.6 Å². The lowest BCUT2D eigenvalue weighted by Gasteiger charge is -2.06. The minimum Gasteiger partial charge on any atom is -0.472 e. The van der Waals surface area contributed by atoms with E-state index in [0.717, 1.165) is 22.6 Å². The molecule has 0 aliphatic heterocycles. The van der Waals surface area contributed by atoms with Crippen molar-refractivity contribution in [2.75, 3.05) is 0 Å². The predicted molar refractivity (Wildman–Crippen MR) is 86.5 cm³/mol. The first-order chi connectivity index (χ1) is 11.7. The Morgan fingerprint density at radius 1 is 1.04 bits per heavy atom. The van der Waals surface area contributed by atoms with E-state index in [1.165, 1.54) is 0 Å². The average Bonchev–Trinajstić information content (AvgIpc) is 3.17. The summed E-state index contributed by atoms with van der Waals surface area (Å²) in [7, 11) is 0. The first-order valence-electron chi connectivity index (χ1n) is 7.55. The molecule has 7 nitrogen and oxygen atoms in total. The molecule has 0 amide bonds. The van der Waals surface area contributed by atoms with Crippen LogP contribution >= 0.6 is 0 Å². The quantitative estimate of drug-likeness (QED) is 0.575. The molecule has 0 aliphatic rings. The SMILES string of the molecule is Cc1onc(-c2ccccc2)c1COc1ccc2nnc(C)n2n1. The summed E-state index contributed by atoms with van der Waals surface area (Å²) in [4.78, 5) is 0. The van der Waals surface area contributed by atoms with Gasteiger partial charge in [0.15, 0.2) is 11.5 Å². The standard InChI is InChI=1S/C17H15N5O2/c1-11-14(17(21-24-11)13-6-4-3-5-7-13)10-23-16-9-8-15-19-18-12(2)22(15)20-16/h3-9H,10H2,1-2H3. The summed E-state index contributed by atoms with van der Waals surface area (Å²) in [6, 6.07) is 13.5. The molecule has 3 heterocycles. The van der Waals surface area contributed by atoms with Crippen molar-refractivity contribution in [1.29, 1.82) is 0 Å². The topological polar surface area (TPSA) is 78.3 Å². The third-order valence-corrected chi connectivity index (χ3v) is 3.79. The number of aryl methyl sites for hydroxylation is 2. The maximum Gasteiger partial charge on any atom is 0.232 e. The average molecular weight is 321 g/mol. The molecule has 4 rings (SSSR count). The molecular formula is C17H15N5O2. The Hall–Kier alpha value is -3.22. The van der Waals surface area contributed by atoms with Crippen LogP contribution in [-0.4, -0.2) is 25.0 Å². The van der Waals surface area contributed by atoms with Gasteiger partial charge in [-0.15, -0.1) is 15.3 Å². The summed E-state index contributed by atoms with van der Waals surface area (Å²) >= 11 is 0. The smallest absolute Gasteiger partial charge is 0.232 e. The second kappa shape index (κ2) is 5.77. The number of hydrogen-bond donors (Lipinski definition) is 0. The molecule has 0 fully saturated rings. The Kier molecular flexibility index (Phi) is 3.45. The molecule has 120 valence electrons. The molecule has 0 radical (unpaired) electrons. The largest absolute Gasteiger partial charge is 0.472 e. The number of ether oxygens (including phenoxy) is 1. The summed E-state index contributed by atoms with van der Waals surface area (Å²) in [5, 5.41) is 16.5. The summed E-state index contributed by atoms with van der Waals surface area (Å²) < 4.78 is 12.8. The minimum absolute atomic E-state index is 0.319. The summed E-state index contributed by atoms with van der Waals surface area (Å²) in [6.45, 7) is 4.03. The van der Waals surface area contributed by atoms with Crippen LogP contribution in [0, 0.1) is 13.8 Å². The normalized spacial score (nSPS) is 11.1. The van der Waals surface area contributed by atoms with Crippen LogP contribution in [0.4, 0.5) is 0 Å². The van der Waals surface area contributed by atoms with E-state index in [-0.39, 0.29) is 0 Å². The molecule has 0 saturated carbocycles. The fourth-order valence-electron chi connectivity index (χ4n) is 2.49. The molecule has 1 aromatic carbocycles. The van der Waals surface area contributed by atoms with Gasteiger partial charge in [0.2, 0.25) is 5.88 Å². The third-order valence-electron chi connectivity index (χ3n) is 3.79. The number of hydrogen-bond acceptors (Lipinski definition) is 6. The van der Waals surface area contributed by atoms with Gasteiger partial charge in [-0.05, 0) is 19.9 Å². The van der Waals surface area contributed by atoms with E-state index in [2.05, 4.69) is 20.5 Å². The van der Waals surface area contributed by atoms with Crippen molar-refractivity contribution in [3.8, 4) is 17.1 Å². The summed E-state index contributed by atoms with van der Waals surface area (Å²) in [6.07, 6.45) is 0. The third kappa shape index (κ3) is 2.50. The van der Waals surface area contributed by atoms with E-state index in [1.807, 2.05) is 50.2 Å². The van der Waals surface area contributed by atoms with Gasteiger partial charge in [-0.3, -0.25) is 0 Å². The Morgan fingerprint density at radius 2 is 1.88 bits per heavy atom. The molecule has 0 aliphatic carbocycles. The molecule has 4 aromatic rings. The number of fused-ring (bicyclic) bond motifs is 1. The Balaban J connectivity index is 1.61. The molecule has 0 unspecified atom stereocenters. The minimum atomic E-state index is 0.319. The maximum absolute atomic E-state index is 5.84. The lowest BCUT2D eigenvalue weighted by Crippen LogP contribution is -2.02. The number of aromatic nitrogens is 5. The van der Waals surface area contributed by atoms with Crippen LogP contribution in [0.5, 0.6) is 5.88 Å². The van der Waals surface area contributed by atoms with Crippen LogP contribution in [0.25, 0.3) is 16.9 Å². The Morgan fingerprint density at radius 3 is 2.71 bits per heavy atom. The van der Waals surface area contributed by atoms with Crippen molar-refractivity contribution in [2.45, 2.75) is 20.5 Å². The van der Waals surface area contributed by atoms with Crippen molar-refractivity contribution >= 4 is 5.65 Å². The molecule has 0 bridgehead atoms. The van der Waals surface area contributed by atoms with Gasteiger partial charge in [0, 0.05) is 11.6 Å². The number of nitrogens with zero attached hydrogens (tertiary/aromatic N) is 5. The molecule has 0 spiro atoms. The zero-order valence-corrected chi connectivity index (χ0v) is 13.3. The fourth-order valence-corrected chi connectivity index (χ4v) is 2.49. The Bertz CT molecular complexity index is 991. The first-order valence-corrected chi connectivity index (χ1v) is 7.55. The van der Waals surface area contributed by atoms with Gasteiger partial charge in [0.25, 0.3) is 0 Å². The van der Waals surface area contributed by atoms with Gasteiger partial charge in [-0.25, -0.2) is 0 Å². The Labute approximate surface area is 137 Å². The predicted octanol–water partition coefficient (Wildman–Crippen LogP) is 2.98. The van der Waals surface area contributed by atoms with E-state index in [0.29, 0.717) is 24.0 Å². The highest BCUT2D eigenvalue weighted by atomic mass is 16.5. The highest BCUT2D eigenvalue weighted by Crippen LogP contribution is 2.26. The van der Waals surface area contributed by atoms with Crippen molar-refractivity contribution in [3.63, 3.8) is 0 Å². The van der Waals surface area contributed by atoms with E-state index in [4.69, 9.17) is 9.26 Å². The molecule has 0 atom stereocenters. The molecular weight excluding hydrogens is 306 g/mol. The zero-order chi connectivity index (χ0) is 16.5. The number of rotatable bonds is 4. The van der Waals surface area contributed by atoms with Crippen LogP contribution in [0.1, 0.15) is 17.1 Å². The van der Waals surface area contributed by atoms with Crippen LogP contribution in [0.2, 0.25) is 0 Å². The molecule has 0 saturated heterocycles. The van der Waals surface area contributed by atoms with Crippen LogP contribution < -0.4 is 4.74 Å². The summed E-state index contributed by atoms with van der Waals surface area (Å²) in [5.41, 5.74) is 3.37. The second-order valence-electron chi connectivity index (χ2n) is 5.41. The maximum atomic E-state index is 5.84. The van der Waals surface area contributed by atoms with Gasteiger partial charge in [0.05, 0.1) is 5.56 Å². The van der Waals surface area contributed by atoms with Crippen LogP contribution in [0.3, 0.4) is 0 Å². The van der Waals surface area contributed by atoms with Crippen molar-refractivity contribution in [1.82, 2.24) is 25.0 Å². The van der Waals surface area contributed by atoms with Gasteiger partial charge in [0.1, 0.15) is 18.1 Å². The fraction of sp³-hybridized carbons (Fsp3) is 0.176. The molecule has 24 heavy (non-hydrogen) atoms. The van der Waals surface area contributed by atoms with Crippen LogP contribution in [0.15, 0.2) is 47.0 Å². The van der Waals surface area contributed by atoms with E-state index >= 15 is 0 Å². The van der Waals surface area contributed by atoms with Gasteiger partial charge in [-0.1, -0.05) is 35.5 Å². The monoisotopic (exact) mass is 321 g/mol. The lowest BCUT2D eigenvalue weighted by molar-refractivity contribution is 0.286. The second-order valence-corrected chi connectivity index (χ2v) is 5.41. The molecule has 0 N–H and O–H groups in total. The van der Waals surface area contributed by atoms with Crippen LogP contribution in [-0.2, 0) is 6.61 Å². The van der Waals surface area contributed by atoms with Gasteiger partial charge >= 0.3 is 0 Å². The van der Waals surface area contributed by atoms with Crippen molar-refractivity contribution in [2.24, 2.45) is 0 Å². The number of benzene rings is 1. The van der Waals surface area contributed by atoms with Crippen molar-refractivity contribution < 1.29 is 9.26 Å². The van der Waals surface area contributed by atoms with E-state index in [1.54, 1.807) is 10.6 Å². The lowest BCUT2D eigenvalue weighted by atomic mass is 10.1. The van der Waals surface area contributed by atoms with E-state index in [9.17, 15) is 0 Å².